The summed E-state index contributed by atoms with van der Waals surface area (Å²) in [6.45, 7) is 4.82. The van der Waals surface area contributed by atoms with Crippen LogP contribution in [0.5, 0.6) is 5.75 Å². The van der Waals surface area contributed by atoms with Crippen LogP contribution in [0.15, 0.2) is 23.1 Å². The van der Waals surface area contributed by atoms with Gasteiger partial charge in [0.1, 0.15) is 0 Å². The summed E-state index contributed by atoms with van der Waals surface area (Å²) in [7, 11) is 0. The first-order valence-electron chi connectivity index (χ1n) is 5.10. The lowest BCUT2D eigenvalue weighted by molar-refractivity contribution is 0.276. The van der Waals surface area contributed by atoms with Gasteiger partial charge in [-0.15, -0.1) is 11.8 Å². The monoisotopic (exact) mass is 228 g/mol. The van der Waals surface area contributed by atoms with Gasteiger partial charge in [-0.05, 0) is 36.8 Å². The third-order valence-corrected chi connectivity index (χ3v) is 2.82. The van der Waals surface area contributed by atoms with Crippen LogP contribution in [-0.4, -0.2) is 12.9 Å². The van der Waals surface area contributed by atoms with E-state index in [1.807, 2.05) is 6.26 Å². The standard InChI is InChI=1S/C12H17FOS/c1-9(2)6-7-14-12-8-10(15-3)4-5-11(12)13/h4-5,8-9H,6-7H2,1-3H3. The van der Waals surface area contributed by atoms with E-state index < -0.39 is 0 Å². The van der Waals surface area contributed by atoms with E-state index in [0.29, 0.717) is 18.3 Å². The van der Waals surface area contributed by atoms with Crippen LogP contribution in [0, 0.1) is 11.7 Å². The normalized spacial score (nSPS) is 10.7. The molecular weight excluding hydrogens is 211 g/mol. The summed E-state index contributed by atoms with van der Waals surface area (Å²) in [5.41, 5.74) is 0. The van der Waals surface area contributed by atoms with Crippen molar-refractivity contribution >= 4 is 11.8 Å². The van der Waals surface area contributed by atoms with E-state index in [9.17, 15) is 4.39 Å². The minimum Gasteiger partial charge on any atom is -0.490 e. The zero-order valence-corrected chi connectivity index (χ0v) is 10.2. The summed E-state index contributed by atoms with van der Waals surface area (Å²) >= 11 is 1.58. The third kappa shape index (κ3) is 4.12. The zero-order valence-electron chi connectivity index (χ0n) is 9.42. The molecule has 0 spiro atoms. The van der Waals surface area contributed by atoms with Crippen molar-refractivity contribution in [2.75, 3.05) is 12.9 Å². The topological polar surface area (TPSA) is 9.23 Å². The fourth-order valence-electron chi connectivity index (χ4n) is 1.13. The molecule has 0 fully saturated rings. The molecule has 84 valence electrons. The first kappa shape index (κ1) is 12.4. The van der Waals surface area contributed by atoms with Gasteiger partial charge in [0.25, 0.3) is 0 Å². The molecule has 0 bridgehead atoms. The molecule has 15 heavy (non-hydrogen) atoms. The van der Waals surface area contributed by atoms with Crippen LogP contribution in [0.1, 0.15) is 20.3 Å². The minimum atomic E-state index is -0.281. The van der Waals surface area contributed by atoms with Gasteiger partial charge in [-0.25, -0.2) is 4.39 Å². The van der Waals surface area contributed by atoms with Gasteiger partial charge < -0.3 is 4.74 Å². The Morgan fingerprint density at radius 3 is 2.73 bits per heavy atom. The summed E-state index contributed by atoms with van der Waals surface area (Å²) in [4.78, 5) is 1.02. The Hall–Kier alpha value is -0.700. The van der Waals surface area contributed by atoms with Crippen LogP contribution in [-0.2, 0) is 0 Å². The Morgan fingerprint density at radius 2 is 2.13 bits per heavy atom. The minimum absolute atomic E-state index is 0.281. The van der Waals surface area contributed by atoms with Crippen molar-refractivity contribution in [2.24, 2.45) is 5.92 Å². The molecule has 3 heteroatoms. The molecule has 0 aromatic heterocycles. The third-order valence-electron chi connectivity index (χ3n) is 2.09. The van der Waals surface area contributed by atoms with Gasteiger partial charge in [-0.2, -0.15) is 0 Å². The molecule has 0 aliphatic rings. The Morgan fingerprint density at radius 1 is 1.40 bits per heavy atom. The lowest BCUT2D eigenvalue weighted by Crippen LogP contribution is -2.02. The highest BCUT2D eigenvalue weighted by Crippen LogP contribution is 2.24. The fraction of sp³-hybridized carbons (Fsp3) is 0.500. The van der Waals surface area contributed by atoms with Gasteiger partial charge in [0.05, 0.1) is 6.61 Å². The maximum Gasteiger partial charge on any atom is 0.165 e. The lowest BCUT2D eigenvalue weighted by atomic mass is 10.1. The molecule has 0 amide bonds. The van der Waals surface area contributed by atoms with E-state index in [-0.39, 0.29) is 5.82 Å². The number of benzene rings is 1. The molecule has 0 aliphatic heterocycles. The molecule has 1 aromatic carbocycles. The first-order chi connectivity index (χ1) is 7.13. The number of rotatable bonds is 5. The van der Waals surface area contributed by atoms with E-state index in [1.54, 1.807) is 23.9 Å². The summed E-state index contributed by atoms with van der Waals surface area (Å²) in [5.74, 6) is 0.663. The van der Waals surface area contributed by atoms with Gasteiger partial charge in [0, 0.05) is 4.90 Å². The molecule has 0 saturated heterocycles. The molecular formula is C12H17FOS. The summed E-state index contributed by atoms with van der Waals surface area (Å²) < 4.78 is 18.7. The highest BCUT2D eigenvalue weighted by atomic mass is 32.2. The summed E-state index contributed by atoms with van der Waals surface area (Å²) in [6, 6.07) is 4.96. The van der Waals surface area contributed by atoms with Crippen LogP contribution in [0.25, 0.3) is 0 Å². The second-order valence-electron chi connectivity index (χ2n) is 3.83. The highest BCUT2D eigenvalue weighted by molar-refractivity contribution is 7.98. The van der Waals surface area contributed by atoms with Crippen LogP contribution in [0.3, 0.4) is 0 Å². The van der Waals surface area contributed by atoms with Crippen LogP contribution in [0.4, 0.5) is 4.39 Å². The quantitative estimate of drug-likeness (QED) is 0.705. The zero-order chi connectivity index (χ0) is 11.3. The SMILES string of the molecule is CSc1ccc(F)c(OCCC(C)C)c1. The maximum atomic E-state index is 13.3. The Bertz CT molecular complexity index is 312. The second-order valence-corrected chi connectivity index (χ2v) is 4.71. The predicted octanol–water partition coefficient (Wildman–Crippen LogP) is 3.97. The summed E-state index contributed by atoms with van der Waals surface area (Å²) in [6.07, 6.45) is 2.91. The molecule has 0 radical (unpaired) electrons. The molecule has 1 rings (SSSR count). The van der Waals surface area contributed by atoms with Crippen molar-refractivity contribution in [3.63, 3.8) is 0 Å². The van der Waals surface area contributed by atoms with E-state index in [0.717, 1.165) is 11.3 Å². The molecule has 1 nitrogen and oxygen atoms in total. The van der Waals surface area contributed by atoms with Crippen molar-refractivity contribution in [3.05, 3.63) is 24.0 Å². The van der Waals surface area contributed by atoms with Crippen molar-refractivity contribution in [1.29, 1.82) is 0 Å². The number of hydrogen-bond donors (Lipinski definition) is 0. The number of hydrogen-bond acceptors (Lipinski definition) is 2. The molecule has 0 aliphatic carbocycles. The van der Waals surface area contributed by atoms with E-state index in [4.69, 9.17) is 4.74 Å². The fourth-order valence-corrected chi connectivity index (χ4v) is 1.55. The van der Waals surface area contributed by atoms with Crippen molar-refractivity contribution in [1.82, 2.24) is 0 Å². The van der Waals surface area contributed by atoms with E-state index >= 15 is 0 Å². The average Bonchev–Trinajstić information content (AvgIpc) is 2.20. The predicted molar refractivity (Wildman–Crippen MR) is 63.1 cm³/mol. The molecule has 1 aromatic rings. The van der Waals surface area contributed by atoms with Crippen molar-refractivity contribution < 1.29 is 9.13 Å². The highest BCUT2D eigenvalue weighted by Gasteiger charge is 2.04. The van der Waals surface area contributed by atoms with E-state index in [2.05, 4.69) is 13.8 Å². The largest absolute Gasteiger partial charge is 0.490 e. The number of halogens is 1. The Labute approximate surface area is 95.0 Å². The maximum absolute atomic E-state index is 13.3. The molecule has 0 atom stereocenters. The summed E-state index contributed by atoms with van der Waals surface area (Å²) in [5, 5.41) is 0. The Kier molecular flexibility index (Phi) is 4.95. The second kappa shape index (κ2) is 6.01. The molecule has 0 N–H and O–H groups in total. The van der Waals surface area contributed by atoms with Gasteiger partial charge in [0.2, 0.25) is 0 Å². The van der Waals surface area contributed by atoms with Crippen LogP contribution in [0.2, 0.25) is 0 Å². The smallest absolute Gasteiger partial charge is 0.165 e. The van der Waals surface area contributed by atoms with Crippen molar-refractivity contribution in [3.8, 4) is 5.75 Å². The van der Waals surface area contributed by atoms with Gasteiger partial charge >= 0.3 is 0 Å². The Balaban J connectivity index is 2.59. The number of ether oxygens (including phenoxy) is 1. The van der Waals surface area contributed by atoms with Crippen molar-refractivity contribution in [2.45, 2.75) is 25.2 Å². The van der Waals surface area contributed by atoms with Crippen LogP contribution >= 0.6 is 11.8 Å². The van der Waals surface area contributed by atoms with Gasteiger partial charge in [0.15, 0.2) is 11.6 Å². The first-order valence-corrected chi connectivity index (χ1v) is 6.32. The molecule has 0 heterocycles. The van der Waals surface area contributed by atoms with Gasteiger partial charge in [-0.1, -0.05) is 13.8 Å². The lowest BCUT2D eigenvalue weighted by Gasteiger charge is -2.09. The van der Waals surface area contributed by atoms with Gasteiger partial charge in [-0.3, -0.25) is 0 Å². The molecule has 0 saturated carbocycles. The molecule has 0 unspecified atom stereocenters. The van der Waals surface area contributed by atoms with Crippen LogP contribution < -0.4 is 4.74 Å². The number of thioether (sulfide) groups is 1. The van der Waals surface area contributed by atoms with E-state index in [1.165, 1.54) is 6.07 Å². The average molecular weight is 228 g/mol.